The average molecular weight is 395 g/mol. The molecule has 2 aliphatic rings. The third-order valence-corrected chi connectivity index (χ3v) is 5.31. The van der Waals surface area contributed by atoms with Crippen molar-refractivity contribution in [3.8, 4) is 0 Å². The van der Waals surface area contributed by atoms with Gasteiger partial charge < -0.3 is 19.4 Å². The lowest BCUT2D eigenvalue weighted by Gasteiger charge is -2.34. The molecule has 3 heterocycles. The van der Waals surface area contributed by atoms with Crippen molar-refractivity contribution in [2.75, 3.05) is 49.1 Å². The molecule has 0 atom stereocenters. The molecule has 8 nitrogen and oxygen atoms in total. The normalized spacial score (nSPS) is 16.4. The van der Waals surface area contributed by atoms with Crippen LogP contribution in [0.2, 0.25) is 0 Å². The van der Waals surface area contributed by atoms with Crippen LogP contribution in [0.25, 0.3) is 0 Å². The summed E-state index contributed by atoms with van der Waals surface area (Å²) in [4.78, 5) is 39.4. The van der Waals surface area contributed by atoms with Gasteiger partial charge in [0.15, 0.2) is 0 Å². The van der Waals surface area contributed by atoms with E-state index in [0.29, 0.717) is 51.0 Å². The summed E-state index contributed by atoms with van der Waals surface area (Å²) in [7, 11) is 0. The maximum absolute atomic E-state index is 13.2. The van der Waals surface area contributed by atoms with Crippen LogP contribution in [0, 0.1) is 0 Å². The smallest absolute Gasteiger partial charge is 0.409 e. The molecule has 152 valence electrons. The van der Waals surface area contributed by atoms with Crippen molar-refractivity contribution in [3.05, 3.63) is 47.8 Å². The maximum Gasteiger partial charge on any atom is 0.409 e. The van der Waals surface area contributed by atoms with Gasteiger partial charge in [-0.05, 0) is 37.5 Å². The minimum absolute atomic E-state index is 0.106. The summed E-state index contributed by atoms with van der Waals surface area (Å²) in [5.41, 5.74) is 2.54. The third-order valence-electron chi connectivity index (χ3n) is 5.31. The van der Waals surface area contributed by atoms with Gasteiger partial charge in [-0.25, -0.2) is 14.8 Å². The predicted octanol–water partition coefficient (Wildman–Crippen LogP) is 2.35. The van der Waals surface area contributed by atoms with Crippen LogP contribution in [0.4, 0.5) is 16.4 Å². The van der Waals surface area contributed by atoms with Crippen molar-refractivity contribution < 1.29 is 14.3 Å². The van der Waals surface area contributed by atoms with Gasteiger partial charge in [-0.3, -0.25) is 4.79 Å². The Morgan fingerprint density at radius 3 is 2.66 bits per heavy atom. The lowest BCUT2D eigenvalue weighted by molar-refractivity contribution is 0.0980. The molecule has 0 radical (unpaired) electrons. The monoisotopic (exact) mass is 395 g/mol. The molecular formula is C21H25N5O3. The molecule has 2 amide bonds. The van der Waals surface area contributed by atoms with Crippen LogP contribution < -0.4 is 9.80 Å². The number of fused-ring (bicyclic) bond motifs is 1. The highest BCUT2D eigenvalue weighted by Gasteiger charge is 2.27. The summed E-state index contributed by atoms with van der Waals surface area (Å²) >= 11 is 0. The van der Waals surface area contributed by atoms with Gasteiger partial charge >= 0.3 is 6.09 Å². The number of nitrogens with zero attached hydrogens (tertiary/aromatic N) is 5. The molecule has 0 saturated carbocycles. The van der Waals surface area contributed by atoms with E-state index in [1.54, 1.807) is 24.1 Å². The number of piperazine rings is 1. The molecule has 0 aliphatic carbocycles. The van der Waals surface area contributed by atoms with E-state index in [1.807, 2.05) is 28.0 Å². The van der Waals surface area contributed by atoms with Gasteiger partial charge in [0.25, 0.3) is 5.91 Å². The fourth-order valence-electron chi connectivity index (χ4n) is 3.81. The first-order valence-electron chi connectivity index (χ1n) is 10.1. The number of aromatic nitrogens is 2. The molecule has 29 heavy (non-hydrogen) atoms. The summed E-state index contributed by atoms with van der Waals surface area (Å²) < 4.78 is 5.06. The van der Waals surface area contributed by atoms with Crippen molar-refractivity contribution in [2.24, 2.45) is 0 Å². The van der Waals surface area contributed by atoms with E-state index in [-0.39, 0.29) is 12.0 Å². The first kappa shape index (κ1) is 19.2. The molecule has 0 spiro atoms. The highest BCUT2D eigenvalue weighted by Crippen LogP contribution is 2.28. The highest BCUT2D eigenvalue weighted by atomic mass is 16.6. The Balaban J connectivity index is 1.47. The number of amides is 2. The quantitative estimate of drug-likeness (QED) is 0.794. The van der Waals surface area contributed by atoms with Crippen LogP contribution in [-0.2, 0) is 11.2 Å². The second-order valence-corrected chi connectivity index (χ2v) is 7.10. The summed E-state index contributed by atoms with van der Waals surface area (Å²) in [6, 6.07) is 9.69. The number of para-hydroxylation sites is 1. The SMILES string of the molecule is CCOC(=O)N1CCN(c2nccc(C(=O)N3CCCc4ccccc43)n2)CC1. The fourth-order valence-corrected chi connectivity index (χ4v) is 3.81. The molecule has 4 rings (SSSR count). The Hall–Kier alpha value is -3.16. The van der Waals surface area contributed by atoms with Crippen molar-refractivity contribution in [1.82, 2.24) is 14.9 Å². The van der Waals surface area contributed by atoms with E-state index >= 15 is 0 Å². The summed E-state index contributed by atoms with van der Waals surface area (Å²) in [5, 5.41) is 0. The molecule has 1 fully saturated rings. The van der Waals surface area contributed by atoms with E-state index in [0.717, 1.165) is 18.5 Å². The van der Waals surface area contributed by atoms with Crippen LogP contribution in [0.1, 0.15) is 29.4 Å². The Bertz CT molecular complexity index is 895. The Labute approximate surface area is 170 Å². The molecule has 1 aromatic carbocycles. The molecule has 2 aromatic rings. The summed E-state index contributed by atoms with van der Waals surface area (Å²) in [5.74, 6) is 0.413. The number of carbonyl (C=O) groups excluding carboxylic acids is 2. The van der Waals surface area contributed by atoms with Crippen molar-refractivity contribution in [2.45, 2.75) is 19.8 Å². The van der Waals surface area contributed by atoms with Gasteiger partial charge in [0.2, 0.25) is 5.95 Å². The zero-order valence-corrected chi connectivity index (χ0v) is 16.6. The van der Waals surface area contributed by atoms with Crippen LogP contribution in [-0.4, -0.2) is 66.2 Å². The average Bonchev–Trinajstić information content (AvgIpc) is 2.78. The maximum atomic E-state index is 13.2. The third kappa shape index (κ3) is 4.01. The highest BCUT2D eigenvalue weighted by molar-refractivity contribution is 6.05. The van der Waals surface area contributed by atoms with Crippen molar-refractivity contribution in [1.29, 1.82) is 0 Å². The summed E-state index contributed by atoms with van der Waals surface area (Å²) in [6.45, 7) is 5.14. The zero-order valence-electron chi connectivity index (χ0n) is 16.6. The van der Waals surface area contributed by atoms with E-state index in [2.05, 4.69) is 16.0 Å². The Morgan fingerprint density at radius 2 is 1.86 bits per heavy atom. The van der Waals surface area contributed by atoms with Crippen LogP contribution >= 0.6 is 0 Å². The fraction of sp³-hybridized carbons (Fsp3) is 0.429. The van der Waals surface area contributed by atoms with E-state index in [4.69, 9.17) is 4.74 Å². The number of rotatable bonds is 3. The number of hydrogen-bond acceptors (Lipinski definition) is 6. The summed E-state index contributed by atoms with van der Waals surface area (Å²) in [6.07, 6.45) is 3.26. The molecule has 0 N–H and O–H groups in total. The number of benzene rings is 1. The number of aryl methyl sites for hydroxylation is 1. The van der Waals surface area contributed by atoms with E-state index < -0.39 is 0 Å². The standard InChI is InChI=1S/C21H25N5O3/c1-2-29-21(28)25-14-12-24(13-15-25)20-22-10-9-17(23-20)19(27)26-11-5-7-16-6-3-4-8-18(16)26/h3-4,6,8-10H,2,5,7,11-15H2,1H3. The van der Waals surface area contributed by atoms with Crippen LogP contribution in [0.3, 0.4) is 0 Å². The van der Waals surface area contributed by atoms with Gasteiger partial charge in [-0.2, -0.15) is 0 Å². The van der Waals surface area contributed by atoms with E-state index in [9.17, 15) is 9.59 Å². The first-order valence-corrected chi connectivity index (χ1v) is 10.1. The van der Waals surface area contributed by atoms with Gasteiger partial charge in [-0.15, -0.1) is 0 Å². The van der Waals surface area contributed by atoms with Gasteiger partial charge in [-0.1, -0.05) is 18.2 Å². The minimum Gasteiger partial charge on any atom is -0.450 e. The second kappa shape index (κ2) is 8.46. The number of carbonyl (C=O) groups is 2. The lowest BCUT2D eigenvalue weighted by atomic mass is 10.0. The van der Waals surface area contributed by atoms with Crippen LogP contribution in [0.15, 0.2) is 36.5 Å². The Kier molecular flexibility index (Phi) is 5.59. The predicted molar refractivity (Wildman–Crippen MR) is 109 cm³/mol. The Morgan fingerprint density at radius 1 is 1.07 bits per heavy atom. The minimum atomic E-state index is -0.291. The largest absolute Gasteiger partial charge is 0.450 e. The molecule has 1 aromatic heterocycles. The molecule has 8 heteroatoms. The first-order chi connectivity index (χ1) is 14.2. The van der Waals surface area contributed by atoms with Crippen LogP contribution in [0.5, 0.6) is 0 Å². The van der Waals surface area contributed by atoms with Gasteiger partial charge in [0.1, 0.15) is 5.69 Å². The topological polar surface area (TPSA) is 78.9 Å². The number of anilines is 2. The van der Waals surface area contributed by atoms with Crippen molar-refractivity contribution >= 4 is 23.6 Å². The molecule has 2 aliphatic heterocycles. The van der Waals surface area contributed by atoms with Crippen molar-refractivity contribution in [3.63, 3.8) is 0 Å². The van der Waals surface area contributed by atoms with Gasteiger partial charge in [0, 0.05) is 44.6 Å². The zero-order chi connectivity index (χ0) is 20.2. The molecular weight excluding hydrogens is 370 g/mol. The molecule has 1 saturated heterocycles. The molecule has 0 unspecified atom stereocenters. The van der Waals surface area contributed by atoms with Gasteiger partial charge in [0.05, 0.1) is 6.61 Å². The number of hydrogen-bond donors (Lipinski definition) is 0. The number of ether oxygens (including phenoxy) is 1. The lowest BCUT2D eigenvalue weighted by Crippen LogP contribution is -2.49. The van der Waals surface area contributed by atoms with E-state index in [1.165, 1.54) is 5.56 Å². The second-order valence-electron chi connectivity index (χ2n) is 7.10. The molecule has 0 bridgehead atoms.